The van der Waals surface area contributed by atoms with Crippen molar-refractivity contribution in [1.82, 2.24) is 9.78 Å². The quantitative estimate of drug-likeness (QED) is 0.333. The molecule has 5 rings (SSSR count). The van der Waals surface area contributed by atoms with Crippen LogP contribution in [0.1, 0.15) is 52.3 Å². The minimum Gasteiger partial charge on any atom is -0.481 e. The van der Waals surface area contributed by atoms with Gasteiger partial charge in [-0.15, -0.1) is 22.7 Å². The third kappa shape index (κ3) is 4.31. The van der Waals surface area contributed by atoms with Crippen LogP contribution in [-0.4, -0.2) is 26.9 Å². The molecule has 0 aliphatic heterocycles. The zero-order valence-corrected chi connectivity index (χ0v) is 21.0. The van der Waals surface area contributed by atoms with Gasteiger partial charge in [-0.3, -0.25) is 14.8 Å². The van der Waals surface area contributed by atoms with Gasteiger partial charge in [0.1, 0.15) is 17.3 Å². The summed E-state index contributed by atoms with van der Waals surface area (Å²) in [6, 6.07) is 11.5. The van der Waals surface area contributed by atoms with Crippen LogP contribution in [0, 0.1) is 18.8 Å². The fraction of sp³-hybridized carbons (Fsp3) is 0.269. The number of benzene rings is 1. The predicted octanol–water partition coefficient (Wildman–Crippen LogP) is 5.83. The molecule has 1 unspecified atom stereocenters. The van der Waals surface area contributed by atoms with Gasteiger partial charge in [0.25, 0.3) is 0 Å². The number of hydrogen-bond acceptors (Lipinski definition) is 6. The van der Waals surface area contributed by atoms with Gasteiger partial charge in [0.05, 0.1) is 16.6 Å². The number of carboxylic acid groups (broad SMARTS) is 1. The molecule has 35 heavy (non-hydrogen) atoms. The second kappa shape index (κ2) is 8.87. The molecule has 2 N–H and O–H groups in total. The molecule has 3 aromatic heterocycles. The number of carbonyl (C=O) groups excluding carboxylic acids is 1. The summed E-state index contributed by atoms with van der Waals surface area (Å²) in [5.74, 6) is 5.99. The zero-order valence-electron chi connectivity index (χ0n) is 19.4. The molecule has 1 aromatic carbocycles. The first-order valence-corrected chi connectivity index (χ1v) is 12.8. The summed E-state index contributed by atoms with van der Waals surface area (Å²) in [6.45, 7) is 3.81. The maximum absolute atomic E-state index is 12.5. The van der Waals surface area contributed by atoms with Gasteiger partial charge in [-0.25, -0.2) is 4.79 Å². The van der Waals surface area contributed by atoms with Crippen LogP contribution in [0.2, 0.25) is 0 Å². The molecule has 1 amide bonds. The third-order valence-electron chi connectivity index (χ3n) is 6.22. The van der Waals surface area contributed by atoms with E-state index in [2.05, 4.69) is 22.3 Å². The number of ether oxygens (including phenoxy) is 1. The van der Waals surface area contributed by atoms with E-state index in [0.717, 1.165) is 30.3 Å². The van der Waals surface area contributed by atoms with Gasteiger partial charge in [-0.05, 0) is 43.9 Å². The van der Waals surface area contributed by atoms with E-state index in [-0.39, 0.29) is 0 Å². The monoisotopic (exact) mass is 505 g/mol. The second-order valence-corrected chi connectivity index (χ2v) is 10.7. The minimum atomic E-state index is -0.734. The Hall–Kier alpha value is -3.61. The number of thiophene rings is 2. The fourth-order valence-electron chi connectivity index (χ4n) is 4.07. The minimum absolute atomic E-state index is 0.401. The van der Waals surface area contributed by atoms with Crippen molar-refractivity contribution in [3.63, 3.8) is 0 Å². The summed E-state index contributed by atoms with van der Waals surface area (Å²) < 4.78 is 9.20. The molecule has 0 radical (unpaired) electrons. The summed E-state index contributed by atoms with van der Waals surface area (Å²) >= 11 is 3.11. The number of fused-ring (bicyclic) bond motifs is 1. The van der Waals surface area contributed by atoms with Crippen molar-refractivity contribution in [3.05, 3.63) is 69.0 Å². The second-order valence-electron chi connectivity index (χ2n) is 8.61. The molecule has 0 saturated heterocycles. The van der Waals surface area contributed by atoms with Crippen molar-refractivity contribution in [2.24, 2.45) is 7.05 Å². The molecule has 3 heterocycles. The normalized spacial score (nSPS) is 14.7. The number of amides is 1. The van der Waals surface area contributed by atoms with Gasteiger partial charge in [0.15, 0.2) is 0 Å². The van der Waals surface area contributed by atoms with E-state index < -0.39 is 23.6 Å². The number of carbonyl (C=O) groups is 2. The first-order chi connectivity index (χ1) is 16.8. The van der Waals surface area contributed by atoms with Crippen molar-refractivity contribution >= 4 is 50.0 Å². The first-order valence-electron chi connectivity index (χ1n) is 11.1. The number of aromatic nitrogens is 2. The third-order valence-corrected chi connectivity index (χ3v) is 8.96. The highest BCUT2D eigenvalue weighted by molar-refractivity contribution is 7.28. The van der Waals surface area contributed by atoms with E-state index in [4.69, 9.17) is 4.74 Å². The molecule has 0 spiro atoms. The number of aryl methyl sites for hydroxylation is 2. The number of carboxylic acids is 1. The molecule has 1 fully saturated rings. The Labute approximate surface area is 210 Å². The van der Waals surface area contributed by atoms with Gasteiger partial charge < -0.3 is 9.84 Å². The van der Waals surface area contributed by atoms with E-state index in [1.807, 2.05) is 50.2 Å². The highest BCUT2D eigenvalue weighted by Crippen LogP contribution is 2.54. The summed E-state index contributed by atoms with van der Waals surface area (Å²) in [6.07, 6.45) is 2.02. The number of anilines is 1. The Kier molecular flexibility index (Phi) is 5.87. The Bertz CT molecular complexity index is 1500. The molecule has 1 saturated carbocycles. The Morgan fingerprint density at radius 2 is 1.97 bits per heavy atom. The summed E-state index contributed by atoms with van der Waals surface area (Å²) in [5.41, 5.74) is 1.83. The maximum atomic E-state index is 12.5. The number of nitrogens with zero attached hydrogens (tertiary/aromatic N) is 2. The number of nitrogens with one attached hydrogen (secondary N) is 1. The average molecular weight is 506 g/mol. The topological polar surface area (TPSA) is 93.5 Å². The van der Waals surface area contributed by atoms with Crippen molar-refractivity contribution in [1.29, 1.82) is 0 Å². The van der Waals surface area contributed by atoms with E-state index in [1.54, 1.807) is 40.6 Å². The van der Waals surface area contributed by atoms with Gasteiger partial charge >= 0.3 is 12.1 Å². The van der Waals surface area contributed by atoms with E-state index in [1.165, 1.54) is 0 Å². The standard InChI is InChI=1S/C26H23N3O4S2/c1-15-21-20(35-22(15)26(11-12-26)24(30)31)13-19(34-21)10-9-18-14-27-29(3)23(18)28-25(32)33-16(2)17-7-5-4-6-8-17/h4-8,13-14,16H,11-12H2,1-3H3,(H,28,32)(H,30,31). The smallest absolute Gasteiger partial charge is 0.413 e. The van der Waals surface area contributed by atoms with E-state index in [0.29, 0.717) is 24.2 Å². The first kappa shape index (κ1) is 23.1. The molecular weight excluding hydrogens is 482 g/mol. The lowest BCUT2D eigenvalue weighted by atomic mass is 10.0. The molecule has 1 aliphatic carbocycles. The van der Waals surface area contributed by atoms with Crippen LogP contribution in [0.15, 0.2) is 42.6 Å². The molecule has 1 atom stereocenters. The lowest BCUT2D eigenvalue weighted by Crippen LogP contribution is -2.18. The summed E-state index contributed by atoms with van der Waals surface area (Å²) in [5, 5.41) is 16.6. The van der Waals surface area contributed by atoms with E-state index >= 15 is 0 Å². The zero-order chi connectivity index (χ0) is 24.7. The molecular formula is C26H23N3O4S2. The fourth-order valence-corrected chi connectivity index (χ4v) is 6.75. The number of rotatable bonds is 5. The SMILES string of the molecule is Cc1c(C2(C(=O)O)CC2)sc2cc(C#Cc3cnn(C)c3NC(=O)OC(C)c3ccccc3)sc12. The van der Waals surface area contributed by atoms with Crippen LogP contribution in [0.4, 0.5) is 10.6 Å². The summed E-state index contributed by atoms with van der Waals surface area (Å²) in [4.78, 5) is 26.1. The molecule has 9 heteroatoms. The van der Waals surface area contributed by atoms with Crippen LogP contribution < -0.4 is 5.32 Å². The maximum Gasteiger partial charge on any atom is 0.413 e. The van der Waals surface area contributed by atoms with Gasteiger partial charge in [-0.2, -0.15) is 5.10 Å². The predicted molar refractivity (Wildman–Crippen MR) is 137 cm³/mol. The Morgan fingerprint density at radius 1 is 1.23 bits per heavy atom. The van der Waals surface area contributed by atoms with Crippen molar-refractivity contribution < 1.29 is 19.4 Å². The molecule has 0 bridgehead atoms. The molecule has 7 nitrogen and oxygen atoms in total. The average Bonchev–Trinajstić information content (AvgIpc) is 3.32. The lowest BCUT2D eigenvalue weighted by molar-refractivity contribution is -0.139. The Morgan fingerprint density at radius 3 is 2.63 bits per heavy atom. The molecule has 4 aromatic rings. The molecule has 1 aliphatic rings. The van der Waals surface area contributed by atoms with Crippen LogP contribution >= 0.6 is 22.7 Å². The largest absolute Gasteiger partial charge is 0.481 e. The van der Waals surface area contributed by atoms with Gasteiger partial charge in [-0.1, -0.05) is 42.2 Å². The lowest BCUT2D eigenvalue weighted by Gasteiger charge is -2.14. The van der Waals surface area contributed by atoms with Crippen molar-refractivity contribution in [2.75, 3.05) is 5.32 Å². The van der Waals surface area contributed by atoms with Crippen LogP contribution in [-0.2, 0) is 22.0 Å². The van der Waals surface area contributed by atoms with Gasteiger partial charge in [0.2, 0.25) is 0 Å². The number of aliphatic carboxylic acids is 1. The van der Waals surface area contributed by atoms with Crippen LogP contribution in [0.5, 0.6) is 0 Å². The molecule has 178 valence electrons. The van der Waals surface area contributed by atoms with Crippen LogP contribution in [0.3, 0.4) is 0 Å². The van der Waals surface area contributed by atoms with Crippen LogP contribution in [0.25, 0.3) is 9.40 Å². The van der Waals surface area contributed by atoms with Crippen molar-refractivity contribution in [2.45, 2.75) is 38.2 Å². The number of hydrogen-bond donors (Lipinski definition) is 2. The highest BCUT2D eigenvalue weighted by Gasteiger charge is 2.54. The van der Waals surface area contributed by atoms with Crippen molar-refractivity contribution in [3.8, 4) is 11.8 Å². The van der Waals surface area contributed by atoms with E-state index in [9.17, 15) is 14.7 Å². The summed E-state index contributed by atoms with van der Waals surface area (Å²) in [7, 11) is 1.73. The highest BCUT2D eigenvalue weighted by atomic mass is 32.1. The van der Waals surface area contributed by atoms with Gasteiger partial charge in [0, 0.05) is 21.3 Å². The Balaban J connectivity index is 1.33.